The lowest BCUT2D eigenvalue weighted by atomic mass is 10.0. The van der Waals surface area contributed by atoms with Gasteiger partial charge in [0.15, 0.2) is 0 Å². The predicted octanol–water partition coefficient (Wildman–Crippen LogP) is 1.65. The van der Waals surface area contributed by atoms with Crippen LogP contribution in [0.3, 0.4) is 0 Å². The van der Waals surface area contributed by atoms with E-state index in [1.165, 1.54) is 6.20 Å². The lowest BCUT2D eigenvalue weighted by Gasteiger charge is -2.10. The molecule has 0 aliphatic rings. The summed E-state index contributed by atoms with van der Waals surface area (Å²) in [6, 6.07) is 3.49. The zero-order valence-corrected chi connectivity index (χ0v) is 10.3. The summed E-state index contributed by atoms with van der Waals surface area (Å²) in [7, 11) is 0. The van der Waals surface area contributed by atoms with Crippen LogP contribution in [0.15, 0.2) is 12.3 Å². The molecule has 18 heavy (non-hydrogen) atoms. The Balaban J connectivity index is 2.28. The van der Waals surface area contributed by atoms with Crippen molar-refractivity contribution in [1.29, 1.82) is 5.26 Å². The smallest absolute Gasteiger partial charge is 0.303 e. The van der Waals surface area contributed by atoms with Crippen molar-refractivity contribution in [2.45, 2.75) is 26.2 Å². The molecule has 6 nitrogen and oxygen atoms in total. The van der Waals surface area contributed by atoms with Gasteiger partial charge in [-0.15, -0.1) is 0 Å². The number of aromatic nitrogens is 2. The summed E-state index contributed by atoms with van der Waals surface area (Å²) in [6.45, 7) is 2.67. The predicted molar refractivity (Wildman–Crippen MR) is 65.9 cm³/mol. The van der Waals surface area contributed by atoms with Crippen molar-refractivity contribution >= 4 is 11.9 Å². The second-order valence-corrected chi connectivity index (χ2v) is 4.13. The minimum Gasteiger partial charge on any atom is -0.481 e. The van der Waals surface area contributed by atoms with E-state index in [0.29, 0.717) is 30.5 Å². The molecule has 6 heteroatoms. The van der Waals surface area contributed by atoms with Crippen molar-refractivity contribution in [2.75, 3.05) is 11.9 Å². The first-order chi connectivity index (χ1) is 8.61. The number of nitrogens with zero attached hydrogens (tertiary/aromatic N) is 3. The lowest BCUT2D eigenvalue weighted by Crippen LogP contribution is -2.10. The Morgan fingerprint density at radius 1 is 1.61 bits per heavy atom. The molecule has 1 heterocycles. The van der Waals surface area contributed by atoms with Crippen LogP contribution in [0.2, 0.25) is 0 Å². The van der Waals surface area contributed by atoms with Crippen molar-refractivity contribution in [1.82, 2.24) is 9.97 Å². The van der Waals surface area contributed by atoms with Crippen molar-refractivity contribution in [3.8, 4) is 6.07 Å². The van der Waals surface area contributed by atoms with E-state index in [-0.39, 0.29) is 6.42 Å². The van der Waals surface area contributed by atoms with Crippen LogP contribution in [0.4, 0.5) is 5.95 Å². The van der Waals surface area contributed by atoms with Crippen molar-refractivity contribution < 1.29 is 9.90 Å². The molecule has 0 aromatic carbocycles. The molecule has 1 aromatic rings. The number of nitrogens with one attached hydrogen (secondary N) is 1. The standard InChI is InChI=1S/C12H16N4O2/c1-9(2-3-11(17)18)4-6-14-12-15-7-5-10(8-13)16-12/h5,7,9H,2-4,6H2,1H3,(H,17,18)(H,14,15,16). The highest BCUT2D eigenvalue weighted by Gasteiger charge is 2.05. The van der Waals surface area contributed by atoms with E-state index in [9.17, 15) is 4.79 Å². The van der Waals surface area contributed by atoms with E-state index in [2.05, 4.69) is 15.3 Å². The van der Waals surface area contributed by atoms with Crippen LogP contribution in [0.25, 0.3) is 0 Å². The number of carboxylic acid groups (broad SMARTS) is 1. The number of rotatable bonds is 7. The van der Waals surface area contributed by atoms with Gasteiger partial charge in [-0.05, 0) is 24.8 Å². The Kier molecular flexibility index (Phi) is 5.58. The van der Waals surface area contributed by atoms with Crippen LogP contribution in [0.1, 0.15) is 31.9 Å². The minimum atomic E-state index is -0.764. The highest BCUT2D eigenvalue weighted by atomic mass is 16.4. The molecular weight excluding hydrogens is 232 g/mol. The van der Waals surface area contributed by atoms with Crippen LogP contribution in [-0.4, -0.2) is 27.6 Å². The molecule has 0 amide bonds. The van der Waals surface area contributed by atoms with Crippen molar-refractivity contribution in [2.24, 2.45) is 5.92 Å². The van der Waals surface area contributed by atoms with Gasteiger partial charge in [0, 0.05) is 19.2 Å². The van der Waals surface area contributed by atoms with Crippen LogP contribution < -0.4 is 5.32 Å². The van der Waals surface area contributed by atoms with E-state index in [1.54, 1.807) is 6.07 Å². The summed E-state index contributed by atoms with van der Waals surface area (Å²) in [5.41, 5.74) is 0.325. The van der Waals surface area contributed by atoms with Crippen LogP contribution >= 0.6 is 0 Å². The molecule has 1 atom stereocenters. The summed E-state index contributed by atoms with van der Waals surface area (Å²) in [5.74, 6) is -0.00732. The minimum absolute atomic E-state index is 0.196. The fourth-order valence-corrected chi connectivity index (χ4v) is 1.45. The summed E-state index contributed by atoms with van der Waals surface area (Å²) in [6.07, 6.45) is 3.23. The largest absolute Gasteiger partial charge is 0.481 e. The number of carboxylic acids is 1. The fourth-order valence-electron chi connectivity index (χ4n) is 1.45. The van der Waals surface area contributed by atoms with E-state index in [1.807, 2.05) is 13.0 Å². The van der Waals surface area contributed by atoms with Gasteiger partial charge >= 0.3 is 5.97 Å². The van der Waals surface area contributed by atoms with Gasteiger partial charge in [0.2, 0.25) is 5.95 Å². The van der Waals surface area contributed by atoms with Gasteiger partial charge in [-0.1, -0.05) is 6.92 Å². The summed E-state index contributed by atoms with van der Waals surface area (Å²) < 4.78 is 0. The molecule has 0 spiro atoms. The van der Waals surface area contributed by atoms with E-state index in [0.717, 1.165) is 6.42 Å². The maximum atomic E-state index is 10.4. The van der Waals surface area contributed by atoms with Crippen LogP contribution in [-0.2, 0) is 4.79 Å². The number of carbonyl (C=O) groups is 1. The number of nitriles is 1. The molecule has 1 rings (SSSR count). The SMILES string of the molecule is CC(CCNc1nccc(C#N)n1)CCC(=O)O. The molecule has 0 aliphatic heterocycles. The molecule has 2 N–H and O–H groups in total. The van der Waals surface area contributed by atoms with E-state index >= 15 is 0 Å². The zero-order valence-electron chi connectivity index (χ0n) is 10.3. The molecule has 1 unspecified atom stereocenters. The van der Waals surface area contributed by atoms with Gasteiger partial charge in [0.25, 0.3) is 0 Å². The molecule has 0 fully saturated rings. The highest BCUT2D eigenvalue weighted by Crippen LogP contribution is 2.10. The molecule has 0 saturated carbocycles. The molecule has 1 aromatic heterocycles. The number of hydrogen-bond donors (Lipinski definition) is 2. The van der Waals surface area contributed by atoms with Crippen LogP contribution in [0, 0.1) is 17.2 Å². The molecular formula is C12H16N4O2. The fraction of sp³-hybridized carbons (Fsp3) is 0.500. The Labute approximate surface area is 106 Å². The van der Waals surface area contributed by atoms with Crippen LogP contribution in [0.5, 0.6) is 0 Å². The van der Waals surface area contributed by atoms with Gasteiger partial charge in [0.1, 0.15) is 11.8 Å². The maximum Gasteiger partial charge on any atom is 0.303 e. The van der Waals surface area contributed by atoms with Gasteiger partial charge in [0.05, 0.1) is 0 Å². The number of anilines is 1. The first-order valence-corrected chi connectivity index (χ1v) is 5.80. The third-order valence-electron chi connectivity index (χ3n) is 2.54. The van der Waals surface area contributed by atoms with Gasteiger partial charge in [-0.25, -0.2) is 9.97 Å². The molecule has 96 valence electrons. The second-order valence-electron chi connectivity index (χ2n) is 4.13. The third kappa shape index (κ3) is 5.25. The third-order valence-corrected chi connectivity index (χ3v) is 2.54. The van der Waals surface area contributed by atoms with Crippen molar-refractivity contribution in [3.05, 3.63) is 18.0 Å². The quantitative estimate of drug-likeness (QED) is 0.761. The highest BCUT2D eigenvalue weighted by molar-refractivity contribution is 5.66. The van der Waals surface area contributed by atoms with Gasteiger partial charge < -0.3 is 10.4 Å². The Morgan fingerprint density at radius 3 is 3.06 bits per heavy atom. The zero-order chi connectivity index (χ0) is 13.4. The maximum absolute atomic E-state index is 10.4. The number of hydrogen-bond acceptors (Lipinski definition) is 5. The molecule has 0 bridgehead atoms. The average Bonchev–Trinajstić information content (AvgIpc) is 2.36. The topological polar surface area (TPSA) is 98.9 Å². The first-order valence-electron chi connectivity index (χ1n) is 5.80. The Morgan fingerprint density at radius 2 is 2.39 bits per heavy atom. The Hall–Kier alpha value is -2.16. The average molecular weight is 248 g/mol. The molecule has 0 aliphatic carbocycles. The van der Waals surface area contributed by atoms with E-state index < -0.39 is 5.97 Å². The van der Waals surface area contributed by atoms with Gasteiger partial charge in [-0.3, -0.25) is 4.79 Å². The molecule has 0 saturated heterocycles. The normalized spacial score (nSPS) is 11.6. The van der Waals surface area contributed by atoms with E-state index in [4.69, 9.17) is 10.4 Å². The lowest BCUT2D eigenvalue weighted by molar-refractivity contribution is -0.137. The molecule has 0 radical (unpaired) electrons. The summed E-state index contributed by atoms with van der Waals surface area (Å²) in [4.78, 5) is 18.4. The second kappa shape index (κ2) is 7.22. The monoisotopic (exact) mass is 248 g/mol. The van der Waals surface area contributed by atoms with Crippen molar-refractivity contribution in [3.63, 3.8) is 0 Å². The van der Waals surface area contributed by atoms with Gasteiger partial charge in [-0.2, -0.15) is 5.26 Å². The Bertz CT molecular complexity index is 442. The first kappa shape index (κ1) is 13.9. The summed E-state index contributed by atoms with van der Waals surface area (Å²) in [5, 5.41) is 20.2. The summed E-state index contributed by atoms with van der Waals surface area (Å²) >= 11 is 0. The number of aliphatic carboxylic acids is 1.